The molecule has 19 heavy (non-hydrogen) atoms. The van der Waals surface area contributed by atoms with E-state index in [1.807, 2.05) is 12.1 Å². The molecule has 104 valence electrons. The highest BCUT2D eigenvalue weighted by Crippen LogP contribution is 2.38. The number of rotatable bonds is 4. The van der Waals surface area contributed by atoms with Crippen LogP contribution in [-0.2, 0) is 4.74 Å². The van der Waals surface area contributed by atoms with E-state index in [1.54, 1.807) is 19.2 Å². The number of nitrogens with zero attached hydrogens (tertiary/aromatic N) is 1. The molecule has 0 radical (unpaired) electrons. The average Bonchev–Trinajstić information content (AvgIpc) is 2.98. The molecule has 3 atom stereocenters. The van der Waals surface area contributed by atoms with Gasteiger partial charge in [0.05, 0.1) is 6.10 Å². The smallest absolute Gasteiger partial charge is 0.115 e. The van der Waals surface area contributed by atoms with Crippen molar-refractivity contribution in [2.75, 3.05) is 26.7 Å². The van der Waals surface area contributed by atoms with Gasteiger partial charge in [0, 0.05) is 26.7 Å². The van der Waals surface area contributed by atoms with Crippen molar-refractivity contribution in [1.29, 1.82) is 0 Å². The van der Waals surface area contributed by atoms with Crippen LogP contribution in [0, 0.1) is 11.8 Å². The molecule has 3 heteroatoms. The van der Waals surface area contributed by atoms with Crippen molar-refractivity contribution in [2.45, 2.75) is 25.4 Å². The highest BCUT2D eigenvalue weighted by Gasteiger charge is 2.36. The van der Waals surface area contributed by atoms with E-state index < -0.39 is 0 Å². The van der Waals surface area contributed by atoms with Gasteiger partial charge in [0.25, 0.3) is 0 Å². The second-order valence-electron chi connectivity index (χ2n) is 5.99. The maximum Gasteiger partial charge on any atom is 0.115 e. The van der Waals surface area contributed by atoms with Crippen LogP contribution in [0.5, 0.6) is 5.75 Å². The first-order valence-corrected chi connectivity index (χ1v) is 7.30. The van der Waals surface area contributed by atoms with Gasteiger partial charge in [-0.15, -0.1) is 0 Å². The molecule has 2 fully saturated rings. The number of phenols is 1. The van der Waals surface area contributed by atoms with Gasteiger partial charge in [-0.3, -0.25) is 4.90 Å². The van der Waals surface area contributed by atoms with E-state index in [1.165, 1.54) is 32.4 Å². The molecule has 0 bridgehead atoms. The van der Waals surface area contributed by atoms with Crippen LogP contribution in [-0.4, -0.2) is 36.8 Å². The molecule has 1 aromatic carbocycles. The Hall–Kier alpha value is -1.06. The molecular weight excluding hydrogens is 238 g/mol. The number of methoxy groups -OCH3 is 1. The molecule has 1 aromatic rings. The molecule has 0 amide bonds. The van der Waals surface area contributed by atoms with Crippen molar-refractivity contribution in [3.05, 3.63) is 29.8 Å². The number of likely N-dealkylation sites (tertiary alicyclic amines) is 1. The maximum absolute atomic E-state index is 9.35. The number of hydrogen-bond acceptors (Lipinski definition) is 3. The zero-order valence-electron chi connectivity index (χ0n) is 11.6. The van der Waals surface area contributed by atoms with Gasteiger partial charge in [0.2, 0.25) is 0 Å². The number of aromatic hydroxyl groups is 1. The van der Waals surface area contributed by atoms with Crippen LogP contribution in [0.2, 0.25) is 0 Å². The lowest BCUT2D eigenvalue weighted by atomic mass is 10.0. The lowest BCUT2D eigenvalue weighted by molar-refractivity contribution is 0.0686. The first kappa shape index (κ1) is 12.9. The number of hydrogen-bond donors (Lipinski definition) is 1. The Kier molecular flexibility index (Phi) is 3.76. The predicted octanol–water partition coefficient (Wildman–Crippen LogP) is 2.81. The maximum atomic E-state index is 9.35. The van der Waals surface area contributed by atoms with Crippen molar-refractivity contribution in [2.24, 2.45) is 11.8 Å². The van der Waals surface area contributed by atoms with Gasteiger partial charge in [0.1, 0.15) is 5.75 Å². The summed E-state index contributed by atoms with van der Waals surface area (Å²) in [5, 5.41) is 9.35. The third-order valence-corrected chi connectivity index (χ3v) is 4.78. The predicted molar refractivity (Wildman–Crippen MR) is 75.1 cm³/mol. The molecular formula is C16H23NO2. The van der Waals surface area contributed by atoms with Crippen molar-refractivity contribution < 1.29 is 9.84 Å². The number of phenolic OH excluding ortho intramolecular Hbond substituents is 1. The molecule has 0 aromatic heterocycles. The van der Waals surface area contributed by atoms with E-state index >= 15 is 0 Å². The monoisotopic (exact) mass is 261 g/mol. The summed E-state index contributed by atoms with van der Waals surface area (Å²) in [6.45, 7) is 3.44. The molecule has 3 nitrogen and oxygen atoms in total. The first-order chi connectivity index (χ1) is 9.26. The van der Waals surface area contributed by atoms with Crippen molar-refractivity contribution in [3.8, 4) is 5.75 Å². The van der Waals surface area contributed by atoms with E-state index in [4.69, 9.17) is 4.74 Å². The highest BCUT2D eigenvalue weighted by molar-refractivity contribution is 5.27. The number of ether oxygens (including phenoxy) is 1. The van der Waals surface area contributed by atoms with Crippen molar-refractivity contribution in [1.82, 2.24) is 4.90 Å². The molecule has 3 rings (SSSR count). The SMILES string of the molecule is COC(CN1C[C@H]2CCC[C@H]2C1)c1ccc(O)cc1. The van der Waals surface area contributed by atoms with Gasteiger partial charge in [0.15, 0.2) is 0 Å². The summed E-state index contributed by atoms with van der Waals surface area (Å²) in [4.78, 5) is 2.55. The lowest BCUT2D eigenvalue weighted by Crippen LogP contribution is -2.28. The van der Waals surface area contributed by atoms with Gasteiger partial charge >= 0.3 is 0 Å². The van der Waals surface area contributed by atoms with Gasteiger partial charge in [-0.25, -0.2) is 0 Å². The highest BCUT2D eigenvalue weighted by atomic mass is 16.5. The molecule has 1 unspecified atom stereocenters. The summed E-state index contributed by atoms with van der Waals surface area (Å²) in [7, 11) is 1.77. The second-order valence-corrected chi connectivity index (χ2v) is 5.99. The minimum Gasteiger partial charge on any atom is -0.508 e. The molecule has 1 saturated heterocycles. The van der Waals surface area contributed by atoms with Crippen LogP contribution in [0.15, 0.2) is 24.3 Å². The Balaban J connectivity index is 1.62. The van der Waals surface area contributed by atoms with E-state index in [0.717, 1.165) is 23.9 Å². The first-order valence-electron chi connectivity index (χ1n) is 7.30. The van der Waals surface area contributed by atoms with Gasteiger partial charge in [-0.1, -0.05) is 18.6 Å². The summed E-state index contributed by atoms with van der Waals surface area (Å²) in [6, 6.07) is 7.39. The quantitative estimate of drug-likeness (QED) is 0.904. The van der Waals surface area contributed by atoms with Gasteiger partial charge in [-0.2, -0.15) is 0 Å². The molecule has 2 aliphatic rings. The average molecular weight is 261 g/mol. The minimum absolute atomic E-state index is 0.111. The minimum atomic E-state index is 0.111. The molecule has 1 aliphatic carbocycles. The third kappa shape index (κ3) is 2.77. The van der Waals surface area contributed by atoms with Crippen LogP contribution < -0.4 is 0 Å². The Bertz CT molecular complexity index is 405. The topological polar surface area (TPSA) is 32.7 Å². The zero-order valence-corrected chi connectivity index (χ0v) is 11.6. The van der Waals surface area contributed by atoms with Gasteiger partial charge in [-0.05, 0) is 42.4 Å². The molecule has 1 N–H and O–H groups in total. The summed E-state index contributed by atoms with van der Waals surface area (Å²) in [5.41, 5.74) is 1.15. The van der Waals surface area contributed by atoms with E-state index in [9.17, 15) is 5.11 Å². The molecule has 1 heterocycles. The Morgan fingerprint density at radius 2 is 1.84 bits per heavy atom. The molecule has 0 spiro atoms. The lowest BCUT2D eigenvalue weighted by Gasteiger charge is -2.23. The molecule has 1 aliphatic heterocycles. The van der Waals surface area contributed by atoms with Crippen LogP contribution in [0.1, 0.15) is 30.9 Å². The Labute approximate surface area is 115 Å². The summed E-state index contributed by atoms with van der Waals surface area (Å²) >= 11 is 0. The normalized spacial score (nSPS) is 28.5. The fourth-order valence-electron chi connectivity index (χ4n) is 3.72. The summed E-state index contributed by atoms with van der Waals surface area (Å²) < 4.78 is 5.64. The Morgan fingerprint density at radius 1 is 1.21 bits per heavy atom. The fraction of sp³-hybridized carbons (Fsp3) is 0.625. The summed E-state index contributed by atoms with van der Waals surface area (Å²) in [6.07, 6.45) is 4.37. The number of benzene rings is 1. The standard InChI is InChI=1S/C16H23NO2/c1-19-16(12-5-7-15(18)8-6-12)11-17-9-13-3-2-4-14(13)10-17/h5-8,13-14,16,18H,2-4,9-11H2,1H3/t13-,14+,16?. The van der Waals surface area contributed by atoms with E-state index in [2.05, 4.69) is 4.90 Å². The van der Waals surface area contributed by atoms with Gasteiger partial charge < -0.3 is 9.84 Å². The van der Waals surface area contributed by atoms with E-state index in [-0.39, 0.29) is 6.10 Å². The van der Waals surface area contributed by atoms with Crippen LogP contribution in [0.25, 0.3) is 0 Å². The van der Waals surface area contributed by atoms with Crippen LogP contribution in [0.4, 0.5) is 0 Å². The molecule has 1 saturated carbocycles. The fourth-order valence-corrected chi connectivity index (χ4v) is 3.72. The number of fused-ring (bicyclic) bond motifs is 1. The van der Waals surface area contributed by atoms with E-state index in [0.29, 0.717) is 5.75 Å². The largest absolute Gasteiger partial charge is 0.508 e. The van der Waals surface area contributed by atoms with Crippen LogP contribution >= 0.6 is 0 Å². The van der Waals surface area contributed by atoms with Crippen LogP contribution in [0.3, 0.4) is 0 Å². The Morgan fingerprint density at radius 3 is 2.42 bits per heavy atom. The van der Waals surface area contributed by atoms with Crippen molar-refractivity contribution in [3.63, 3.8) is 0 Å². The second kappa shape index (κ2) is 5.51. The van der Waals surface area contributed by atoms with Crippen molar-refractivity contribution >= 4 is 0 Å². The third-order valence-electron chi connectivity index (χ3n) is 4.78. The zero-order chi connectivity index (χ0) is 13.2. The summed E-state index contributed by atoms with van der Waals surface area (Å²) in [5.74, 6) is 2.17.